The highest BCUT2D eigenvalue weighted by atomic mass is 16.8. The van der Waals surface area contributed by atoms with Crippen molar-refractivity contribution in [1.82, 2.24) is 24.8 Å². The predicted octanol–water partition coefficient (Wildman–Crippen LogP) is 5.63. The van der Waals surface area contributed by atoms with Crippen LogP contribution in [0.15, 0.2) is 12.7 Å². The third-order valence-electron chi connectivity index (χ3n) is 8.38. The van der Waals surface area contributed by atoms with Gasteiger partial charge in [0.25, 0.3) is 0 Å². The molecule has 0 bridgehead atoms. The molecule has 4 rings (SSSR count). The molecular formula is C36H58N6O11. The molecule has 6 atom stereocenters. The number of methoxy groups -OCH3 is 1. The fourth-order valence-electron chi connectivity index (χ4n) is 6.51. The fourth-order valence-corrected chi connectivity index (χ4v) is 6.51. The number of rotatable bonds is 12. The molecule has 1 aliphatic carbocycles. The van der Waals surface area contributed by atoms with Crippen molar-refractivity contribution in [2.75, 3.05) is 25.4 Å². The first-order valence-electron chi connectivity index (χ1n) is 18.0. The average Bonchev–Trinajstić information content (AvgIpc) is 3.66. The third-order valence-corrected chi connectivity index (χ3v) is 8.38. The van der Waals surface area contributed by atoms with Crippen LogP contribution in [-0.2, 0) is 33.2 Å². The van der Waals surface area contributed by atoms with Gasteiger partial charge in [-0.2, -0.15) is 4.90 Å². The number of nitrogens with one attached hydrogen (secondary N) is 1. The van der Waals surface area contributed by atoms with Crippen molar-refractivity contribution in [2.24, 2.45) is 5.92 Å². The topological polar surface area (TPSA) is 195 Å². The monoisotopic (exact) mass is 750 g/mol. The minimum Gasteiger partial charge on any atom is -0.444 e. The molecular weight excluding hydrogens is 692 g/mol. The standard InChI is InChI=1S/C36H58N6O11/c1-33(2,3)51-30(44)40-22(17-43)13-14-23(48-20-47-12)15-21-16-24(27-26(21)49-36(10,11)50-27)41-19-39-25-28(41)37-18-38-29(25)42(31(45)52-34(4,5)6)32(46)53-35(7,8)9/h18-19,21-24,26-27,43H,13-17,20H2,1-12H3,(H,40,44)/t21-,22-,23-,24+,26+,27-/m0/s1. The molecule has 1 saturated carbocycles. The van der Waals surface area contributed by atoms with Gasteiger partial charge in [-0.05, 0) is 108 Å². The van der Waals surface area contributed by atoms with Crippen molar-refractivity contribution < 1.29 is 52.6 Å². The van der Waals surface area contributed by atoms with E-state index in [4.69, 9.17) is 33.2 Å². The van der Waals surface area contributed by atoms with Gasteiger partial charge in [-0.3, -0.25) is 0 Å². The van der Waals surface area contributed by atoms with E-state index in [0.717, 1.165) is 4.90 Å². The summed E-state index contributed by atoms with van der Waals surface area (Å²) in [5.41, 5.74) is -1.94. The number of anilines is 1. The lowest BCUT2D eigenvalue weighted by Gasteiger charge is -2.28. The number of imidazole rings is 1. The summed E-state index contributed by atoms with van der Waals surface area (Å²) in [4.78, 5) is 53.5. The van der Waals surface area contributed by atoms with E-state index in [1.165, 1.54) is 6.33 Å². The lowest BCUT2D eigenvalue weighted by atomic mass is 9.94. The quantitative estimate of drug-likeness (QED) is 0.200. The SMILES string of the molecule is COCO[C@@H](CC[C@@H](CO)NC(=O)OC(C)(C)C)C[C@H]1C[C@@H](n2cnc3c(N(C(=O)OC(C)(C)C)C(=O)OC(C)(C)C)ncnc32)[C@@H]2OC(C)(C)O[C@H]12. The van der Waals surface area contributed by atoms with Crippen LogP contribution in [0.4, 0.5) is 20.2 Å². The number of aliphatic hydroxyl groups is 1. The lowest BCUT2D eigenvalue weighted by Crippen LogP contribution is -2.44. The second kappa shape index (κ2) is 16.4. The zero-order valence-corrected chi connectivity index (χ0v) is 33.1. The van der Waals surface area contributed by atoms with Gasteiger partial charge in [0.2, 0.25) is 0 Å². The van der Waals surface area contributed by atoms with Gasteiger partial charge in [0.05, 0.1) is 37.2 Å². The molecule has 2 aromatic rings. The Labute approximate surface area is 311 Å². The van der Waals surface area contributed by atoms with Crippen LogP contribution in [0.5, 0.6) is 0 Å². The molecule has 3 heterocycles. The van der Waals surface area contributed by atoms with E-state index < -0.39 is 53.0 Å². The van der Waals surface area contributed by atoms with Crippen molar-refractivity contribution >= 4 is 35.3 Å². The molecule has 3 amide bonds. The van der Waals surface area contributed by atoms with E-state index >= 15 is 0 Å². The Morgan fingerprint density at radius 1 is 0.943 bits per heavy atom. The number of carbonyl (C=O) groups excluding carboxylic acids is 3. The van der Waals surface area contributed by atoms with Crippen LogP contribution in [0.3, 0.4) is 0 Å². The van der Waals surface area contributed by atoms with Crippen LogP contribution in [0, 0.1) is 5.92 Å². The highest BCUT2D eigenvalue weighted by Crippen LogP contribution is 2.49. The Bertz CT molecular complexity index is 1550. The highest BCUT2D eigenvalue weighted by Gasteiger charge is 2.55. The first kappa shape index (κ1) is 42.1. The molecule has 2 fully saturated rings. The second-order valence-corrected chi connectivity index (χ2v) is 17.0. The number of ether oxygens (including phenoxy) is 7. The summed E-state index contributed by atoms with van der Waals surface area (Å²) >= 11 is 0. The van der Waals surface area contributed by atoms with Crippen molar-refractivity contribution in [3.63, 3.8) is 0 Å². The molecule has 1 aliphatic heterocycles. The van der Waals surface area contributed by atoms with Crippen molar-refractivity contribution in [2.45, 2.75) is 155 Å². The molecule has 17 nitrogen and oxygen atoms in total. The molecule has 0 unspecified atom stereocenters. The Morgan fingerprint density at radius 3 is 2.11 bits per heavy atom. The molecule has 2 N–H and O–H groups in total. The van der Waals surface area contributed by atoms with Gasteiger partial charge in [0.1, 0.15) is 36.0 Å². The van der Waals surface area contributed by atoms with Crippen molar-refractivity contribution in [1.29, 1.82) is 0 Å². The largest absolute Gasteiger partial charge is 0.444 e. The van der Waals surface area contributed by atoms with Gasteiger partial charge in [0.15, 0.2) is 22.8 Å². The summed E-state index contributed by atoms with van der Waals surface area (Å²) in [6, 6.07) is -0.849. The number of amides is 3. The maximum Gasteiger partial charge on any atom is 0.425 e. The first-order chi connectivity index (χ1) is 24.5. The van der Waals surface area contributed by atoms with Gasteiger partial charge in [0, 0.05) is 7.11 Å². The molecule has 2 aliphatic rings. The molecule has 0 spiro atoms. The number of hydrogen-bond acceptors (Lipinski definition) is 14. The molecule has 0 aromatic carbocycles. The Morgan fingerprint density at radius 2 is 1.55 bits per heavy atom. The van der Waals surface area contributed by atoms with E-state index in [0.29, 0.717) is 31.3 Å². The zero-order valence-electron chi connectivity index (χ0n) is 33.1. The number of carbonyl (C=O) groups is 3. The summed E-state index contributed by atoms with van der Waals surface area (Å²) < 4.78 is 42.7. The van der Waals surface area contributed by atoms with E-state index in [9.17, 15) is 19.5 Å². The summed E-state index contributed by atoms with van der Waals surface area (Å²) in [7, 11) is 1.54. The van der Waals surface area contributed by atoms with Gasteiger partial charge >= 0.3 is 18.3 Å². The molecule has 53 heavy (non-hydrogen) atoms. The zero-order chi connectivity index (χ0) is 39.5. The van der Waals surface area contributed by atoms with E-state index in [1.54, 1.807) is 75.8 Å². The summed E-state index contributed by atoms with van der Waals surface area (Å²) in [6.07, 6.45) is 1.34. The average molecular weight is 751 g/mol. The van der Waals surface area contributed by atoms with E-state index in [2.05, 4.69) is 20.3 Å². The van der Waals surface area contributed by atoms with Gasteiger partial charge in [-0.25, -0.2) is 29.3 Å². The van der Waals surface area contributed by atoms with E-state index in [1.807, 2.05) is 18.4 Å². The maximum absolute atomic E-state index is 13.5. The predicted molar refractivity (Wildman–Crippen MR) is 192 cm³/mol. The van der Waals surface area contributed by atoms with E-state index in [-0.39, 0.29) is 48.9 Å². The van der Waals surface area contributed by atoms with Gasteiger partial charge < -0.3 is 48.1 Å². The number of aliphatic hydroxyl groups excluding tert-OH is 1. The van der Waals surface area contributed by atoms with Crippen LogP contribution >= 0.6 is 0 Å². The van der Waals surface area contributed by atoms with Crippen LogP contribution in [0.25, 0.3) is 11.2 Å². The smallest absolute Gasteiger partial charge is 0.425 e. The summed E-state index contributed by atoms with van der Waals surface area (Å²) in [5.74, 6) is -1.02. The Balaban J connectivity index is 1.62. The van der Waals surface area contributed by atoms with Gasteiger partial charge in [-0.15, -0.1) is 0 Å². The first-order valence-corrected chi connectivity index (χ1v) is 18.0. The highest BCUT2D eigenvalue weighted by molar-refractivity contribution is 6.12. The summed E-state index contributed by atoms with van der Waals surface area (Å²) in [5, 5.41) is 12.8. The number of nitrogens with zero attached hydrogens (tertiary/aromatic N) is 5. The Kier molecular flexibility index (Phi) is 13.0. The molecule has 0 radical (unpaired) electrons. The minimum absolute atomic E-state index is 0.0543. The van der Waals surface area contributed by atoms with Crippen LogP contribution < -0.4 is 10.2 Å². The van der Waals surface area contributed by atoms with Crippen molar-refractivity contribution in [3.8, 4) is 0 Å². The molecule has 1 saturated heterocycles. The van der Waals surface area contributed by atoms with Crippen molar-refractivity contribution in [3.05, 3.63) is 12.7 Å². The number of aromatic nitrogens is 4. The number of hydrogen-bond donors (Lipinski definition) is 2. The van der Waals surface area contributed by atoms with Crippen LogP contribution in [0.2, 0.25) is 0 Å². The van der Waals surface area contributed by atoms with Crippen LogP contribution in [0.1, 0.15) is 108 Å². The third kappa shape index (κ3) is 11.4. The number of imide groups is 1. The Hall–Kier alpha value is -3.64. The number of fused-ring (bicyclic) bond motifs is 2. The number of alkyl carbamates (subject to hydrolysis) is 1. The summed E-state index contributed by atoms with van der Waals surface area (Å²) in [6.45, 7) is 19.0. The van der Waals surface area contributed by atoms with Crippen LogP contribution in [-0.4, -0.2) is 110 Å². The second-order valence-electron chi connectivity index (χ2n) is 17.0. The fraction of sp³-hybridized carbons (Fsp3) is 0.778. The minimum atomic E-state index is -0.969. The normalized spacial score (nSPS) is 22.6. The maximum atomic E-state index is 13.5. The molecule has 17 heteroatoms. The lowest BCUT2D eigenvalue weighted by molar-refractivity contribution is -0.163. The molecule has 2 aromatic heterocycles. The molecule has 298 valence electrons. The van der Waals surface area contributed by atoms with Gasteiger partial charge in [-0.1, -0.05) is 0 Å².